The molecule has 1 aliphatic carbocycles. The Morgan fingerprint density at radius 3 is 2.57 bits per heavy atom. The van der Waals surface area contributed by atoms with Gasteiger partial charge in [0.05, 0.1) is 18.9 Å². The Bertz CT molecular complexity index is 888. The summed E-state index contributed by atoms with van der Waals surface area (Å²) in [6, 6.07) is 7.28. The number of hydrazone groups is 1. The van der Waals surface area contributed by atoms with Crippen LogP contribution in [0.4, 0.5) is 15.5 Å². The van der Waals surface area contributed by atoms with Gasteiger partial charge < -0.3 is 9.64 Å². The Balaban J connectivity index is 1.66. The van der Waals surface area contributed by atoms with E-state index >= 15 is 0 Å². The lowest BCUT2D eigenvalue weighted by atomic mass is 9.95. The van der Waals surface area contributed by atoms with E-state index < -0.39 is 12.0 Å². The number of hydrogen-bond donors (Lipinski definition) is 2. The zero-order valence-corrected chi connectivity index (χ0v) is 17.1. The summed E-state index contributed by atoms with van der Waals surface area (Å²) in [6.07, 6.45) is 5.46. The summed E-state index contributed by atoms with van der Waals surface area (Å²) < 4.78 is 4.91. The van der Waals surface area contributed by atoms with Crippen LogP contribution in [0.2, 0.25) is 0 Å². The van der Waals surface area contributed by atoms with Gasteiger partial charge in [-0.05, 0) is 48.9 Å². The van der Waals surface area contributed by atoms with E-state index in [2.05, 4.69) is 15.8 Å². The van der Waals surface area contributed by atoms with Crippen molar-refractivity contribution in [2.75, 3.05) is 31.4 Å². The highest BCUT2D eigenvalue weighted by atomic mass is 32.1. The number of nitrogens with one attached hydrogen (secondary N) is 2. The Morgan fingerprint density at radius 1 is 1.18 bits per heavy atom. The van der Waals surface area contributed by atoms with E-state index in [4.69, 9.17) is 4.74 Å². The van der Waals surface area contributed by atoms with Gasteiger partial charge in [0.2, 0.25) is 0 Å². The molecule has 7 nitrogen and oxygen atoms in total. The quantitative estimate of drug-likeness (QED) is 0.456. The van der Waals surface area contributed by atoms with E-state index in [9.17, 15) is 9.59 Å². The molecule has 0 fully saturated rings. The second-order valence-corrected chi connectivity index (χ2v) is 7.82. The van der Waals surface area contributed by atoms with Crippen LogP contribution in [0, 0.1) is 0 Å². The van der Waals surface area contributed by atoms with Crippen molar-refractivity contribution in [1.82, 2.24) is 5.43 Å². The molecule has 0 saturated heterocycles. The molecule has 8 heteroatoms. The molecule has 0 atom stereocenters. The highest BCUT2D eigenvalue weighted by molar-refractivity contribution is 7.17. The third kappa shape index (κ3) is 4.51. The van der Waals surface area contributed by atoms with Gasteiger partial charge in [-0.1, -0.05) is 12.1 Å². The molecule has 148 valence electrons. The summed E-state index contributed by atoms with van der Waals surface area (Å²) in [6.45, 7) is 0. The average molecular weight is 401 g/mol. The number of rotatable bonds is 5. The van der Waals surface area contributed by atoms with E-state index in [-0.39, 0.29) is 0 Å². The molecule has 0 aliphatic heterocycles. The molecule has 1 aromatic heterocycles. The molecule has 1 aliphatic rings. The van der Waals surface area contributed by atoms with Crippen molar-refractivity contribution in [3.8, 4) is 0 Å². The number of carbonyl (C=O) groups is 2. The fourth-order valence-electron chi connectivity index (χ4n) is 3.13. The van der Waals surface area contributed by atoms with Crippen molar-refractivity contribution in [3.63, 3.8) is 0 Å². The molecule has 2 amide bonds. The fourth-order valence-corrected chi connectivity index (χ4v) is 4.40. The molecular weight excluding hydrogens is 376 g/mol. The maximum atomic E-state index is 12.2. The van der Waals surface area contributed by atoms with Crippen molar-refractivity contribution in [1.29, 1.82) is 0 Å². The van der Waals surface area contributed by atoms with Gasteiger partial charge >= 0.3 is 12.0 Å². The van der Waals surface area contributed by atoms with Crippen LogP contribution in [0.15, 0.2) is 29.4 Å². The van der Waals surface area contributed by atoms with Crippen molar-refractivity contribution in [3.05, 3.63) is 45.8 Å². The number of ether oxygens (including phenoxy) is 1. The summed E-state index contributed by atoms with van der Waals surface area (Å²) in [4.78, 5) is 27.6. The molecule has 1 heterocycles. The van der Waals surface area contributed by atoms with Gasteiger partial charge in [-0.15, -0.1) is 11.3 Å². The Morgan fingerprint density at radius 2 is 1.89 bits per heavy atom. The molecule has 28 heavy (non-hydrogen) atoms. The van der Waals surface area contributed by atoms with Crippen LogP contribution < -0.4 is 15.6 Å². The first-order valence-electron chi connectivity index (χ1n) is 9.10. The molecule has 2 aromatic rings. The Hall–Kier alpha value is -2.87. The molecular formula is C20H24N4O3S. The second-order valence-electron chi connectivity index (χ2n) is 6.72. The van der Waals surface area contributed by atoms with Gasteiger partial charge in [0.1, 0.15) is 5.00 Å². The first kappa shape index (κ1) is 19.9. The topological polar surface area (TPSA) is 83.0 Å². The summed E-state index contributed by atoms with van der Waals surface area (Å²) in [7, 11) is 5.30. The third-order valence-corrected chi connectivity index (χ3v) is 5.78. The number of thiophene rings is 1. The van der Waals surface area contributed by atoms with Crippen LogP contribution in [0.1, 0.15) is 39.2 Å². The SMILES string of the molecule is COC(=O)c1c(NC(=O)NN=Cc2ccc(N(C)C)cc2)sc2c1CCCC2. The predicted molar refractivity (Wildman–Crippen MR) is 113 cm³/mol. The van der Waals surface area contributed by atoms with E-state index in [0.717, 1.165) is 47.4 Å². The minimum Gasteiger partial charge on any atom is -0.465 e. The Labute approximate surface area is 168 Å². The van der Waals surface area contributed by atoms with Gasteiger partial charge in [-0.3, -0.25) is 5.32 Å². The standard InChI is InChI=1S/C20H24N4O3S/c1-24(2)14-10-8-13(9-11-14)12-21-23-20(26)22-18-17(19(25)27-3)15-6-4-5-7-16(15)28-18/h8-12H,4-7H2,1-3H3,(H2,22,23,26). The summed E-state index contributed by atoms with van der Waals surface area (Å²) >= 11 is 1.44. The molecule has 0 bridgehead atoms. The van der Waals surface area contributed by atoms with Gasteiger partial charge in [0, 0.05) is 24.7 Å². The summed E-state index contributed by atoms with van der Waals surface area (Å²) in [5.74, 6) is -0.417. The number of methoxy groups -OCH3 is 1. The van der Waals surface area contributed by atoms with E-state index in [1.165, 1.54) is 18.4 Å². The van der Waals surface area contributed by atoms with Crippen molar-refractivity contribution < 1.29 is 14.3 Å². The Kier molecular flexibility index (Phi) is 6.30. The number of amides is 2. The number of carbonyl (C=O) groups excluding carboxylic acids is 2. The minimum atomic E-state index is -0.495. The number of hydrogen-bond acceptors (Lipinski definition) is 6. The second kappa shape index (κ2) is 8.88. The largest absolute Gasteiger partial charge is 0.465 e. The summed E-state index contributed by atoms with van der Waals surface area (Å²) in [5, 5.41) is 7.23. The molecule has 0 saturated carbocycles. The number of fused-ring (bicyclic) bond motifs is 1. The normalized spacial score (nSPS) is 13.1. The highest BCUT2D eigenvalue weighted by Gasteiger charge is 2.26. The van der Waals surface area contributed by atoms with Gasteiger partial charge in [-0.2, -0.15) is 5.10 Å². The molecule has 1 aromatic carbocycles. The first-order chi connectivity index (χ1) is 13.5. The maximum absolute atomic E-state index is 12.2. The van der Waals surface area contributed by atoms with E-state index in [1.54, 1.807) is 6.21 Å². The number of aryl methyl sites for hydroxylation is 1. The predicted octanol–water partition coefficient (Wildman–Crippen LogP) is 3.64. The van der Waals surface area contributed by atoms with Crippen LogP contribution in [-0.2, 0) is 17.6 Å². The number of urea groups is 1. The molecule has 0 radical (unpaired) electrons. The van der Waals surface area contributed by atoms with Gasteiger partial charge in [-0.25, -0.2) is 15.0 Å². The van der Waals surface area contributed by atoms with Crippen LogP contribution in [0.5, 0.6) is 0 Å². The van der Waals surface area contributed by atoms with Crippen molar-refractivity contribution in [2.24, 2.45) is 5.10 Å². The number of esters is 1. The lowest BCUT2D eigenvalue weighted by Gasteiger charge is -2.11. The number of anilines is 2. The average Bonchev–Trinajstić information content (AvgIpc) is 3.05. The fraction of sp³-hybridized carbons (Fsp3) is 0.350. The molecule has 0 spiro atoms. The lowest BCUT2D eigenvalue weighted by molar-refractivity contribution is 0.0601. The number of nitrogens with zero attached hydrogens (tertiary/aromatic N) is 2. The van der Waals surface area contributed by atoms with Gasteiger partial charge in [0.25, 0.3) is 0 Å². The minimum absolute atomic E-state index is 0.417. The van der Waals surface area contributed by atoms with Crippen molar-refractivity contribution in [2.45, 2.75) is 25.7 Å². The third-order valence-electron chi connectivity index (χ3n) is 4.58. The first-order valence-corrected chi connectivity index (χ1v) is 9.91. The lowest BCUT2D eigenvalue weighted by Crippen LogP contribution is -2.24. The van der Waals surface area contributed by atoms with Crippen LogP contribution in [0.25, 0.3) is 0 Å². The van der Waals surface area contributed by atoms with E-state index in [1.807, 2.05) is 43.3 Å². The smallest absolute Gasteiger partial charge is 0.341 e. The maximum Gasteiger partial charge on any atom is 0.341 e. The van der Waals surface area contributed by atoms with E-state index in [0.29, 0.717) is 10.6 Å². The molecule has 2 N–H and O–H groups in total. The monoisotopic (exact) mass is 400 g/mol. The zero-order valence-electron chi connectivity index (χ0n) is 16.2. The zero-order chi connectivity index (χ0) is 20.1. The highest BCUT2D eigenvalue weighted by Crippen LogP contribution is 2.38. The molecule has 3 rings (SSSR count). The van der Waals surface area contributed by atoms with Crippen LogP contribution in [-0.4, -0.2) is 39.4 Å². The summed E-state index contributed by atoms with van der Waals surface area (Å²) in [5.41, 5.74) is 5.87. The molecule has 0 unspecified atom stereocenters. The van der Waals surface area contributed by atoms with Crippen LogP contribution in [0.3, 0.4) is 0 Å². The number of benzene rings is 1. The van der Waals surface area contributed by atoms with Gasteiger partial charge in [0.15, 0.2) is 0 Å². The van der Waals surface area contributed by atoms with Crippen molar-refractivity contribution >= 4 is 40.2 Å². The van der Waals surface area contributed by atoms with Crippen LogP contribution >= 0.6 is 11.3 Å².